The molecule has 0 radical (unpaired) electrons. The highest BCUT2D eigenvalue weighted by Gasteiger charge is 2.37. The van der Waals surface area contributed by atoms with Gasteiger partial charge in [-0.05, 0) is 23.8 Å². The van der Waals surface area contributed by atoms with Gasteiger partial charge in [0.1, 0.15) is 23.9 Å². The molecule has 1 unspecified atom stereocenters. The van der Waals surface area contributed by atoms with Gasteiger partial charge in [0, 0.05) is 19.0 Å². The molecule has 1 saturated heterocycles. The first kappa shape index (κ1) is 19.9. The third-order valence-electron chi connectivity index (χ3n) is 4.50. The van der Waals surface area contributed by atoms with Gasteiger partial charge in [0.25, 0.3) is 0 Å². The Morgan fingerprint density at radius 2 is 1.86 bits per heavy atom. The lowest BCUT2D eigenvalue weighted by Gasteiger charge is -2.20. The van der Waals surface area contributed by atoms with Gasteiger partial charge in [-0.2, -0.15) is 0 Å². The number of esters is 1. The largest absolute Gasteiger partial charge is 0.495 e. The Kier molecular flexibility index (Phi) is 6.04. The fraction of sp³-hybridized carbons (Fsp3) is 0.300. The van der Waals surface area contributed by atoms with Crippen molar-refractivity contribution in [1.29, 1.82) is 0 Å². The molecule has 3 rings (SSSR count). The van der Waals surface area contributed by atoms with Crippen molar-refractivity contribution in [2.24, 2.45) is 5.92 Å². The Labute approximate surface area is 166 Å². The van der Waals surface area contributed by atoms with Gasteiger partial charge in [-0.25, -0.2) is 4.39 Å². The first-order valence-electron chi connectivity index (χ1n) is 8.56. The van der Waals surface area contributed by atoms with Gasteiger partial charge in [-0.3, -0.25) is 9.59 Å². The maximum atomic E-state index is 12.9. The molecule has 0 aromatic heterocycles. The summed E-state index contributed by atoms with van der Waals surface area (Å²) in [6.07, 6.45) is 0.0229. The number of carbonyl (C=O) groups is 2. The van der Waals surface area contributed by atoms with Gasteiger partial charge >= 0.3 is 5.97 Å². The second kappa shape index (κ2) is 8.48. The van der Waals surface area contributed by atoms with Crippen LogP contribution in [0, 0.1) is 11.7 Å². The Morgan fingerprint density at radius 1 is 1.18 bits per heavy atom. The first-order valence-corrected chi connectivity index (χ1v) is 8.93. The molecule has 0 saturated carbocycles. The van der Waals surface area contributed by atoms with E-state index in [0.29, 0.717) is 27.8 Å². The molecule has 1 atom stereocenters. The lowest BCUT2D eigenvalue weighted by atomic mass is 10.1. The Balaban J connectivity index is 1.70. The number of amides is 1. The number of hydrogen-bond donors (Lipinski definition) is 0. The molecule has 148 valence electrons. The number of hydrogen-bond acceptors (Lipinski definition) is 5. The number of anilines is 1. The van der Waals surface area contributed by atoms with Crippen LogP contribution in [0.4, 0.5) is 10.1 Å². The lowest BCUT2D eigenvalue weighted by molar-refractivity contribution is -0.149. The summed E-state index contributed by atoms with van der Waals surface area (Å²) in [4.78, 5) is 26.3. The molecule has 1 amide bonds. The molecule has 0 aliphatic carbocycles. The van der Waals surface area contributed by atoms with E-state index < -0.39 is 11.9 Å². The molecule has 0 spiro atoms. The van der Waals surface area contributed by atoms with E-state index in [2.05, 4.69) is 0 Å². The zero-order chi connectivity index (χ0) is 20.3. The average molecular weight is 408 g/mol. The van der Waals surface area contributed by atoms with Crippen LogP contribution in [0.15, 0.2) is 36.4 Å². The summed E-state index contributed by atoms with van der Waals surface area (Å²) < 4.78 is 28.7. The van der Waals surface area contributed by atoms with Crippen LogP contribution < -0.4 is 14.4 Å². The van der Waals surface area contributed by atoms with Gasteiger partial charge in [0.05, 0.1) is 30.8 Å². The van der Waals surface area contributed by atoms with Crippen molar-refractivity contribution in [3.05, 3.63) is 52.8 Å². The molecule has 2 aromatic carbocycles. The molecule has 28 heavy (non-hydrogen) atoms. The number of methoxy groups -OCH3 is 2. The number of benzene rings is 2. The summed E-state index contributed by atoms with van der Waals surface area (Å²) in [6, 6.07) is 8.83. The van der Waals surface area contributed by atoms with Gasteiger partial charge in [-0.15, -0.1) is 0 Å². The van der Waals surface area contributed by atoms with E-state index in [0.717, 1.165) is 0 Å². The predicted molar refractivity (Wildman–Crippen MR) is 101 cm³/mol. The summed E-state index contributed by atoms with van der Waals surface area (Å²) in [6.45, 7) is 0.168. The van der Waals surface area contributed by atoms with Gasteiger partial charge in [0.15, 0.2) is 0 Å². The average Bonchev–Trinajstić information content (AvgIpc) is 3.08. The molecule has 1 fully saturated rings. The first-order chi connectivity index (χ1) is 13.4. The van der Waals surface area contributed by atoms with Crippen molar-refractivity contribution < 1.29 is 28.2 Å². The van der Waals surface area contributed by atoms with Crippen LogP contribution in [-0.2, 0) is 20.9 Å². The molecule has 8 heteroatoms. The molecule has 1 aliphatic heterocycles. The molecular formula is C20H19ClFNO5. The highest BCUT2D eigenvalue weighted by Crippen LogP contribution is 2.40. The number of nitrogens with zero attached hydrogens (tertiary/aromatic N) is 1. The normalized spacial score (nSPS) is 16.2. The van der Waals surface area contributed by atoms with Crippen molar-refractivity contribution in [3.8, 4) is 11.5 Å². The SMILES string of the molecule is COc1cc(OC)c(N2CC(C(=O)OCc3ccc(F)cc3)CC2=O)cc1Cl. The summed E-state index contributed by atoms with van der Waals surface area (Å²) in [7, 11) is 2.95. The second-order valence-corrected chi connectivity index (χ2v) is 6.71. The van der Waals surface area contributed by atoms with Gasteiger partial charge in [-0.1, -0.05) is 23.7 Å². The quantitative estimate of drug-likeness (QED) is 0.685. The highest BCUT2D eigenvalue weighted by atomic mass is 35.5. The summed E-state index contributed by atoms with van der Waals surface area (Å²) in [5, 5.41) is 0.327. The van der Waals surface area contributed by atoms with Crippen molar-refractivity contribution in [2.45, 2.75) is 13.0 Å². The molecule has 1 heterocycles. The molecule has 1 aliphatic rings. The van der Waals surface area contributed by atoms with E-state index in [9.17, 15) is 14.0 Å². The fourth-order valence-electron chi connectivity index (χ4n) is 3.01. The van der Waals surface area contributed by atoms with E-state index in [1.54, 1.807) is 24.3 Å². The minimum Gasteiger partial charge on any atom is -0.495 e. The fourth-order valence-corrected chi connectivity index (χ4v) is 3.24. The lowest BCUT2D eigenvalue weighted by Crippen LogP contribution is -2.27. The zero-order valence-electron chi connectivity index (χ0n) is 15.4. The summed E-state index contributed by atoms with van der Waals surface area (Å²) >= 11 is 6.18. The topological polar surface area (TPSA) is 65.1 Å². The zero-order valence-corrected chi connectivity index (χ0v) is 16.2. The summed E-state index contributed by atoms with van der Waals surface area (Å²) in [5.74, 6) is -0.862. The third kappa shape index (κ3) is 4.20. The van der Waals surface area contributed by atoms with Crippen LogP contribution in [0.25, 0.3) is 0 Å². The van der Waals surface area contributed by atoms with Gasteiger partial charge in [0.2, 0.25) is 5.91 Å². The van der Waals surface area contributed by atoms with Crippen molar-refractivity contribution in [2.75, 3.05) is 25.7 Å². The highest BCUT2D eigenvalue weighted by molar-refractivity contribution is 6.32. The third-order valence-corrected chi connectivity index (χ3v) is 4.79. The number of ether oxygens (including phenoxy) is 3. The summed E-state index contributed by atoms with van der Waals surface area (Å²) in [5.41, 5.74) is 1.13. The van der Waals surface area contributed by atoms with Crippen LogP contribution >= 0.6 is 11.6 Å². The van der Waals surface area contributed by atoms with Crippen LogP contribution in [-0.4, -0.2) is 32.6 Å². The molecule has 2 aromatic rings. The standard InChI is InChI=1S/C20H19ClFNO5/c1-26-17-9-18(27-2)16(8-15(17)21)23-10-13(7-19(23)24)20(25)28-11-12-3-5-14(22)6-4-12/h3-6,8-9,13H,7,10-11H2,1-2H3. The molecular weight excluding hydrogens is 389 g/mol. The van der Waals surface area contributed by atoms with E-state index in [1.165, 1.54) is 31.3 Å². The Morgan fingerprint density at radius 3 is 2.50 bits per heavy atom. The maximum Gasteiger partial charge on any atom is 0.311 e. The maximum absolute atomic E-state index is 12.9. The smallest absolute Gasteiger partial charge is 0.311 e. The Hall–Kier alpha value is -2.80. The van der Waals surface area contributed by atoms with Crippen molar-refractivity contribution in [1.82, 2.24) is 0 Å². The van der Waals surface area contributed by atoms with Crippen molar-refractivity contribution in [3.63, 3.8) is 0 Å². The molecule has 0 bridgehead atoms. The minimum absolute atomic E-state index is 0.0154. The van der Waals surface area contributed by atoms with Gasteiger partial charge < -0.3 is 19.1 Å². The number of carbonyl (C=O) groups excluding carboxylic acids is 2. The van der Waals surface area contributed by atoms with Crippen molar-refractivity contribution >= 4 is 29.2 Å². The number of rotatable bonds is 6. The van der Waals surface area contributed by atoms with Crippen LogP contribution in [0.3, 0.4) is 0 Å². The number of halogens is 2. The van der Waals surface area contributed by atoms with Crippen LogP contribution in [0.2, 0.25) is 5.02 Å². The molecule has 6 nitrogen and oxygen atoms in total. The van der Waals surface area contributed by atoms with E-state index >= 15 is 0 Å². The minimum atomic E-state index is -0.612. The van der Waals surface area contributed by atoms with E-state index in [-0.39, 0.29) is 31.3 Å². The van der Waals surface area contributed by atoms with E-state index in [1.807, 2.05) is 0 Å². The monoisotopic (exact) mass is 407 g/mol. The van der Waals surface area contributed by atoms with E-state index in [4.69, 9.17) is 25.8 Å². The van der Waals surface area contributed by atoms with Crippen LogP contribution in [0.5, 0.6) is 11.5 Å². The second-order valence-electron chi connectivity index (χ2n) is 6.30. The predicted octanol–water partition coefficient (Wildman–Crippen LogP) is 3.59. The Bertz CT molecular complexity index is 887. The van der Waals surface area contributed by atoms with Crippen LogP contribution in [0.1, 0.15) is 12.0 Å². The molecule has 0 N–H and O–H groups in total.